The van der Waals surface area contributed by atoms with Crippen molar-refractivity contribution in [2.45, 2.75) is 20.0 Å². The number of halogens is 3. The van der Waals surface area contributed by atoms with Gasteiger partial charge in [-0.2, -0.15) is 0 Å². The number of benzene rings is 2. The maximum absolute atomic E-state index is 14.6. The van der Waals surface area contributed by atoms with E-state index in [1.165, 1.54) is 19.2 Å². The standard InChI is InChI=1S/C20H19ClF2N4O3/c1-11(2)30-17-9-16(25-20(29)27(4)10-24-3)15(23)8-12(17)19(28)26-18-13(21)6-5-7-14(18)22/h5-9,11H,10H2,1-2,4H3,(H,25,29)(H,26,28). The van der Waals surface area contributed by atoms with Gasteiger partial charge in [0.05, 0.1) is 28.1 Å². The lowest BCUT2D eigenvalue weighted by Crippen LogP contribution is -2.31. The number of hydrogen-bond acceptors (Lipinski definition) is 3. The molecule has 0 atom stereocenters. The summed E-state index contributed by atoms with van der Waals surface area (Å²) in [6, 6.07) is 5.19. The van der Waals surface area contributed by atoms with Gasteiger partial charge >= 0.3 is 6.03 Å². The van der Waals surface area contributed by atoms with Crippen molar-refractivity contribution in [1.82, 2.24) is 4.90 Å². The molecular weight excluding hydrogens is 418 g/mol. The highest BCUT2D eigenvalue weighted by atomic mass is 35.5. The van der Waals surface area contributed by atoms with Crippen LogP contribution in [0.1, 0.15) is 24.2 Å². The minimum atomic E-state index is -0.916. The summed E-state index contributed by atoms with van der Waals surface area (Å²) >= 11 is 5.92. The number of rotatable bonds is 6. The molecule has 0 aromatic heterocycles. The van der Waals surface area contributed by atoms with Crippen LogP contribution in [0.15, 0.2) is 30.3 Å². The summed E-state index contributed by atoms with van der Waals surface area (Å²) in [4.78, 5) is 28.9. The average molecular weight is 437 g/mol. The van der Waals surface area contributed by atoms with Crippen molar-refractivity contribution in [3.05, 3.63) is 64.0 Å². The van der Waals surface area contributed by atoms with Gasteiger partial charge in [0.15, 0.2) is 0 Å². The van der Waals surface area contributed by atoms with Crippen LogP contribution in [-0.2, 0) is 0 Å². The average Bonchev–Trinajstić information content (AvgIpc) is 2.66. The summed E-state index contributed by atoms with van der Waals surface area (Å²) < 4.78 is 34.2. The van der Waals surface area contributed by atoms with Crippen LogP contribution >= 0.6 is 11.6 Å². The number of urea groups is 1. The lowest BCUT2D eigenvalue weighted by Gasteiger charge is -2.18. The number of ether oxygens (including phenoxy) is 1. The van der Waals surface area contributed by atoms with E-state index < -0.39 is 23.6 Å². The molecule has 2 rings (SSSR count). The monoisotopic (exact) mass is 436 g/mol. The van der Waals surface area contributed by atoms with Crippen molar-refractivity contribution >= 4 is 34.9 Å². The zero-order valence-corrected chi connectivity index (χ0v) is 17.2. The molecule has 0 saturated carbocycles. The summed E-state index contributed by atoms with van der Waals surface area (Å²) in [5.41, 5.74) is -0.709. The largest absolute Gasteiger partial charge is 0.490 e. The number of nitrogens with one attached hydrogen (secondary N) is 2. The van der Waals surface area contributed by atoms with Crippen molar-refractivity contribution in [2.75, 3.05) is 24.3 Å². The molecule has 0 heterocycles. The van der Waals surface area contributed by atoms with E-state index in [9.17, 15) is 18.4 Å². The predicted octanol–water partition coefficient (Wildman–Crippen LogP) is 5.00. The molecule has 7 nitrogen and oxygen atoms in total. The van der Waals surface area contributed by atoms with E-state index >= 15 is 0 Å². The van der Waals surface area contributed by atoms with Gasteiger partial charge in [0.2, 0.25) is 0 Å². The first-order chi connectivity index (χ1) is 14.1. The maximum Gasteiger partial charge on any atom is 0.327 e. The molecule has 0 aliphatic heterocycles. The predicted molar refractivity (Wildman–Crippen MR) is 110 cm³/mol. The maximum atomic E-state index is 14.6. The zero-order valence-electron chi connectivity index (χ0n) is 16.4. The highest BCUT2D eigenvalue weighted by Crippen LogP contribution is 2.30. The molecule has 0 radical (unpaired) electrons. The number of para-hydroxylation sites is 1. The number of amides is 3. The Morgan fingerprint density at radius 2 is 1.93 bits per heavy atom. The lowest BCUT2D eigenvalue weighted by atomic mass is 10.1. The third kappa shape index (κ3) is 5.58. The molecule has 158 valence electrons. The van der Waals surface area contributed by atoms with Gasteiger partial charge in [-0.1, -0.05) is 17.7 Å². The van der Waals surface area contributed by atoms with Gasteiger partial charge in [-0.3, -0.25) is 14.5 Å². The molecule has 30 heavy (non-hydrogen) atoms. The second-order valence-corrected chi connectivity index (χ2v) is 6.88. The van der Waals surface area contributed by atoms with Crippen molar-refractivity contribution in [1.29, 1.82) is 0 Å². The third-order valence-corrected chi connectivity index (χ3v) is 4.06. The first kappa shape index (κ1) is 22.9. The Balaban J connectivity index is 2.39. The van der Waals surface area contributed by atoms with Gasteiger partial charge in [-0.25, -0.2) is 20.1 Å². The molecular formula is C20H19ClF2N4O3. The molecule has 3 amide bonds. The Morgan fingerprint density at radius 1 is 1.23 bits per heavy atom. The lowest BCUT2D eigenvalue weighted by molar-refractivity contribution is 0.102. The first-order valence-electron chi connectivity index (χ1n) is 8.75. The van der Waals surface area contributed by atoms with Gasteiger partial charge < -0.3 is 15.4 Å². The third-order valence-electron chi connectivity index (χ3n) is 3.75. The Hall–Kier alpha value is -3.38. The van der Waals surface area contributed by atoms with Crippen LogP contribution < -0.4 is 15.4 Å². The van der Waals surface area contributed by atoms with Crippen LogP contribution in [0.3, 0.4) is 0 Å². The van der Waals surface area contributed by atoms with Gasteiger partial charge in [0.25, 0.3) is 12.6 Å². The van der Waals surface area contributed by atoms with Gasteiger partial charge in [0, 0.05) is 13.1 Å². The summed E-state index contributed by atoms with van der Waals surface area (Å²) in [6.07, 6.45) is -0.382. The highest BCUT2D eigenvalue weighted by Gasteiger charge is 2.22. The second kappa shape index (κ2) is 9.89. The fourth-order valence-corrected chi connectivity index (χ4v) is 2.57. The quantitative estimate of drug-likeness (QED) is 0.626. The topological polar surface area (TPSA) is 75.0 Å². The smallest absolute Gasteiger partial charge is 0.327 e. The van der Waals surface area contributed by atoms with Gasteiger partial charge in [0.1, 0.15) is 17.4 Å². The Bertz CT molecular complexity index is 988. The minimum Gasteiger partial charge on any atom is -0.490 e. The van der Waals surface area contributed by atoms with E-state index in [-0.39, 0.29) is 40.5 Å². The molecule has 0 aliphatic rings. The zero-order chi connectivity index (χ0) is 22.4. The second-order valence-electron chi connectivity index (χ2n) is 6.47. The molecule has 0 spiro atoms. The number of anilines is 2. The fraction of sp³-hybridized carbons (Fsp3) is 0.250. The molecule has 2 aromatic carbocycles. The molecule has 0 aliphatic carbocycles. The van der Waals surface area contributed by atoms with Crippen molar-refractivity contribution < 1.29 is 23.1 Å². The Kier molecular flexibility index (Phi) is 7.55. The van der Waals surface area contributed by atoms with E-state index in [4.69, 9.17) is 22.9 Å². The first-order valence-corrected chi connectivity index (χ1v) is 9.12. The van der Waals surface area contributed by atoms with Crippen LogP contribution in [0.4, 0.5) is 25.0 Å². The molecule has 0 fully saturated rings. The van der Waals surface area contributed by atoms with Crippen LogP contribution in [0, 0.1) is 18.2 Å². The molecule has 2 N–H and O–H groups in total. The van der Waals surface area contributed by atoms with Crippen LogP contribution in [0.2, 0.25) is 5.02 Å². The summed E-state index contributed by atoms with van der Waals surface area (Å²) in [6.45, 7) is 9.96. The van der Waals surface area contributed by atoms with E-state index in [2.05, 4.69) is 15.5 Å². The van der Waals surface area contributed by atoms with Gasteiger partial charge in [-0.15, -0.1) is 0 Å². The SMILES string of the molecule is [C-]#[N+]CN(C)C(=O)Nc1cc(OC(C)C)c(C(=O)Nc2c(F)cccc2Cl)cc1F. The van der Waals surface area contributed by atoms with Gasteiger partial charge in [-0.05, 0) is 32.0 Å². The number of nitrogens with zero attached hydrogens (tertiary/aromatic N) is 2. The van der Waals surface area contributed by atoms with Crippen molar-refractivity contribution in [3.8, 4) is 5.75 Å². The summed E-state index contributed by atoms with van der Waals surface area (Å²) in [5, 5.41) is 4.60. The molecule has 2 aromatic rings. The van der Waals surface area contributed by atoms with E-state index in [0.29, 0.717) is 0 Å². The fourth-order valence-electron chi connectivity index (χ4n) is 2.36. The number of carbonyl (C=O) groups is 2. The van der Waals surface area contributed by atoms with E-state index in [1.807, 2.05) is 0 Å². The molecule has 0 saturated heterocycles. The van der Waals surface area contributed by atoms with Crippen LogP contribution in [0.25, 0.3) is 4.85 Å². The van der Waals surface area contributed by atoms with E-state index in [1.54, 1.807) is 13.8 Å². The van der Waals surface area contributed by atoms with Crippen molar-refractivity contribution in [3.63, 3.8) is 0 Å². The molecule has 0 bridgehead atoms. The normalized spacial score (nSPS) is 10.3. The van der Waals surface area contributed by atoms with Crippen molar-refractivity contribution in [2.24, 2.45) is 0 Å². The highest BCUT2D eigenvalue weighted by molar-refractivity contribution is 6.34. The summed E-state index contributed by atoms with van der Waals surface area (Å²) in [5.74, 6) is -2.55. The number of carbonyl (C=O) groups excluding carboxylic acids is 2. The molecule has 10 heteroatoms. The van der Waals surface area contributed by atoms with Crippen LogP contribution in [-0.4, -0.2) is 36.7 Å². The minimum absolute atomic E-state index is 0.0260. The summed E-state index contributed by atoms with van der Waals surface area (Å²) in [7, 11) is 1.37. The Labute approximate surface area is 177 Å². The van der Waals surface area contributed by atoms with Crippen LogP contribution in [0.5, 0.6) is 5.75 Å². The number of hydrogen-bond donors (Lipinski definition) is 2. The van der Waals surface area contributed by atoms with E-state index in [0.717, 1.165) is 23.1 Å². The molecule has 0 unspecified atom stereocenters. The Morgan fingerprint density at radius 3 is 2.53 bits per heavy atom.